The van der Waals surface area contributed by atoms with Crippen LogP contribution in [0.1, 0.15) is 24.9 Å². The molecule has 0 aliphatic carbocycles. The number of hydrogen-bond acceptors (Lipinski definition) is 3. The second-order valence-electron chi connectivity index (χ2n) is 4.99. The SMILES string of the molecule is C=C(CC)CNCC(c1cccc(OC)c1)N(C)C. The van der Waals surface area contributed by atoms with Crippen LogP contribution in [0.2, 0.25) is 0 Å². The molecular formula is C16H26N2O. The van der Waals surface area contributed by atoms with Crippen LogP contribution in [0.25, 0.3) is 0 Å². The molecule has 0 saturated heterocycles. The third kappa shape index (κ3) is 5.05. The molecule has 0 heterocycles. The van der Waals surface area contributed by atoms with E-state index in [2.05, 4.69) is 49.9 Å². The first-order chi connectivity index (χ1) is 9.08. The van der Waals surface area contributed by atoms with Gasteiger partial charge in [0.2, 0.25) is 0 Å². The zero-order chi connectivity index (χ0) is 14.3. The Morgan fingerprint density at radius 3 is 2.74 bits per heavy atom. The van der Waals surface area contributed by atoms with Gasteiger partial charge >= 0.3 is 0 Å². The largest absolute Gasteiger partial charge is 0.497 e. The van der Waals surface area contributed by atoms with Crippen molar-refractivity contribution < 1.29 is 4.74 Å². The molecule has 3 heteroatoms. The molecule has 1 N–H and O–H groups in total. The van der Waals surface area contributed by atoms with Gasteiger partial charge in [-0.3, -0.25) is 0 Å². The molecule has 0 aliphatic rings. The highest BCUT2D eigenvalue weighted by Gasteiger charge is 2.14. The van der Waals surface area contributed by atoms with Crippen LogP contribution in [0.5, 0.6) is 5.75 Å². The first-order valence-electron chi connectivity index (χ1n) is 6.76. The smallest absolute Gasteiger partial charge is 0.119 e. The van der Waals surface area contributed by atoms with E-state index >= 15 is 0 Å². The van der Waals surface area contributed by atoms with Gasteiger partial charge in [-0.2, -0.15) is 0 Å². The quantitative estimate of drug-likeness (QED) is 0.729. The number of likely N-dealkylation sites (N-methyl/N-ethyl adjacent to an activating group) is 1. The van der Waals surface area contributed by atoms with Gasteiger partial charge in [0.15, 0.2) is 0 Å². The fraction of sp³-hybridized carbons (Fsp3) is 0.500. The molecule has 0 aliphatic heterocycles. The highest BCUT2D eigenvalue weighted by molar-refractivity contribution is 5.30. The molecule has 19 heavy (non-hydrogen) atoms. The van der Waals surface area contributed by atoms with Crippen LogP contribution < -0.4 is 10.1 Å². The zero-order valence-corrected chi connectivity index (χ0v) is 12.6. The lowest BCUT2D eigenvalue weighted by Gasteiger charge is -2.25. The van der Waals surface area contributed by atoms with Crippen LogP contribution in [0.15, 0.2) is 36.4 Å². The molecule has 0 saturated carbocycles. The maximum atomic E-state index is 5.29. The van der Waals surface area contributed by atoms with Crippen molar-refractivity contribution >= 4 is 0 Å². The Bertz CT molecular complexity index is 401. The van der Waals surface area contributed by atoms with Crippen molar-refractivity contribution in [3.05, 3.63) is 42.0 Å². The van der Waals surface area contributed by atoms with Crippen molar-refractivity contribution in [1.82, 2.24) is 10.2 Å². The van der Waals surface area contributed by atoms with E-state index < -0.39 is 0 Å². The van der Waals surface area contributed by atoms with Crippen LogP contribution in [0.3, 0.4) is 0 Å². The number of nitrogens with zero attached hydrogens (tertiary/aromatic N) is 1. The van der Waals surface area contributed by atoms with Gasteiger partial charge in [-0.15, -0.1) is 0 Å². The zero-order valence-electron chi connectivity index (χ0n) is 12.6. The average molecular weight is 262 g/mol. The van der Waals surface area contributed by atoms with Crippen LogP contribution in [0.4, 0.5) is 0 Å². The van der Waals surface area contributed by atoms with Gasteiger partial charge in [0, 0.05) is 19.1 Å². The third-order valence-electron chi connectivity index (χ3n) is 3.31. The number of benzene rings is 1. The summed E-state index contributed by atoms with van der Waals surface area (Å²) in [7, 11) is 5.90. The minimum Gasteiger partial charge on any atom is -0.497 e. The van der Waals surface area contributed by atoms with E-state index in [9.17, 15) is 0 Å². The summed E-state index contributed by atoms with van der Waals surface area (Å²) >= 11 is 0. The average Bonchev–Trinajstić information content (AvgIpc) is 2.42. The number of nitrogens with one attached hydrogen (secondary N) is 1. The Balaban J connectivity index is 2.68. The van der Waals surface area contributed by atoms with Crippen molar-refractivity contribution in [2.24, 2.45) is 0 Å². The van der Waals surface area contributed by atoms with Gasteiger partial charge in [-0.1, -0.05) is 31.2 Å². The lowest BCUT2D eigenvalue weighted by molar-refractivity contribution is 0.290. The van der Waals surface area contributed by atoms with Crippen LogP contribution in [-0.2, 0) is 0 Å². The molecule has 0 amide bonds. The molecule has 1 unspecified atom stereocenters. The van der Waals surface area contributed by atoms with Gasteiger partial charge in [-0.05, 0) is 38.2 Å². The van der Waals surface area contributed by atoms with Crippen LogP contribution >= 0.6 is 0 Å². The van der Waals surface area contributed by atoms with Crippen molar-refractivity contribution in [2.75, 3.05) is 34.3 Å². The molecule has 1 aromatic rings. The minimum atomic E-state index is 0.333. The molecule has 1 atom stereocenters. The molecule has 1 rings (SSSR count). The third-order valence-corrected chi connectivity index (χ3v) is 3.31. The van der Waals surface area contributed by atoms with E-state index in [1.165, 1.54) is 11.1 Å². The second kappa shape index (κ2) is 7.97. The van der Waals surface area contributed by atoms with E-state index in [1.54, 1.807) is 7.11 Å². The first-order valence-corrected chi connectivity index (χ1v) is 6.76. The van der Waals surface area contributed by atoms with E-state index in [1.807, 2.05) is 12.1 Å². The van der Waals surface area contributed by atoms with Gasteiger partial charge < -0.3 is 15.0 Å². The molecule has 0 radical (unpaired) electrons. The Morgan fingerprint density at radius 2 is 2.16 bits per heavy atom. The normalized spacial score (nSPS) is 12.5. The van der Waals surface area contributed by atoms with E-state index in [4.69, 9.17) is 4.74 Å². The Morgan fingerprint density at radius 1 is 1.42 bits per heavy atom. The van der Waals surface area contributed by atoms with Crippen molar-refractivity contribution in [1.29, 1.82) is 0 Å². The molecule has 106 valence electrons. The van der Waals surface area contributed by atoms with Gasteiger partial charge in [0.1, 0.15) is 5.75 Å². The summed E-state index contributed by atoms with van der Waals surface area (Å²) in [5.74, 6) is 0.905. The standard InChI is InChI=1S/C16H26N2O/c1-6-13(2)11-17-12-16(18(3)4)14-8-7-9-15(10-14)19-5/h7-10,16-17H,2,6,11-12H2,1,3-5H3. The summed E-state index contributed by atoms with van der Waals surface area (Å²) in [6, 6.07) is 8.59. The summed E-state index contributed by atoms with van der Waals surface area (Å²) in [4.78, 5) is 2.22. The van der Waals surface area contributed by atoms with Crippen molar-refractivity contribution in [3.8, 4) is 5.75 Å². The molecule has 0 aromatic heterocycles. The van der Waals surface area contributed by atoms with Crippen molar-refractivity contribution in [2.45, 2.75) is 19.4 Å². The lowest BCUT2D eigenvalue weighted by atomic mass is 10.1. The van der Waals surface area contributed by atoms with E-state index in [0.717, 1.165) is 25.3 Å². The summed E-state index contributed by atoms with van der Waals surface area (Å²) in [6.45, 7) is 7.94. The number of hydrogen-bond donors (Lipinski definition) is 1. The number of ether oxygens (including phenoxy) is 1. The summed E-state index contributed by atoms with van der Waals surface area (Å²) in [5.41, 5.74) is 2.50. The maximum Gasteiger partial charge on any atom is 0.119 e. The number of rotatable bonds is 8. The summed E-state index contributed by atoms with van der Waals surface area (Å²) in [6.07, 6.45) is 1.03. The Labute approximate surface area is 117 Å². The highest BCUT2D eigenvalue weighted by Crippen LogP contribution is 2.22. The van der Waals surface area contributed by atoms with Gasteiger partial charge in [0.25, 0.3) is 0 Å². The van der Waals surface area contributed by atoms with Crippen LogP contribution in [0, 0.1) is 0 Å². The molecule has 1 aromatic carbocycles. The maximum absolute atomic E-state index is 5.29. The topological polar surface area (TPSA) is 24.5 Å². The predicted molar refractivity (Wildman–Crippen MR) is 81.7 cm³/mol. The molecule has 0 spiro atoms. The van der Waals surface area contributed by atoms with E-state index in [0.29, 0.717) is 6.04 Å². The molecule has 0 bridgehead atoms. The Kier molecular flexibility index (Phi) is 6.60. The van der Waals surface area contributed by atoms with E-state index in [-0.39, 0.29) is 0 Å². The molecule has 3 nitrogen and oxygen atoms in total. The molecular weight excluding hydrogens is 236 g/mol. The summed E-state index contributed by atoms with van der Waals surface area (Å²) in [5, 5.41) is 3.47. The first kappa shape index (κ1) is 15.7. The fourth-order valence-corrected chi connectivity index (χ4v) is 1.96. The lowest BCUT2D eigenvalue weighted by Crippen LogP contribution is -2.31. The minimum absolute atomic E-state index is 0.333. The number of methoxy groups -OCH3 is 1. The van der Waals surface area contributed by atoms with Crippen molar-refractivity contribution in [3.63, 3.8) is 0 Å². The second-order valence-corrected chi connectivity index (χ2v) is 4.99. The highest BCUT2D eigenvalue weighted by atomic mass is 16.5. The monoisotopic (exact) mass is 262 g/mol. The predicted octanol–water partition coefficient (Wildman–Crippen LogP) is 2.85. The molecule has 0 fully saturated rings. The van der Waals surface area contributed by atoms with Gasteiger partial charge in [0.05, 0.1) is 7.11 Å². The Hall–Kier alpha value is -1.32. The van der Waals surface area contributed by atoms with Crippen LogP contribution in [-0.4, -0.2) is 39.2 Å². The fourth-order valence-electron chi connectivity index (χ4n) is 1.96. The summed E-state index contributed by atoms with van der Waals surface area (Å²) < 4.78 is 5.29. The van der Waals surface area contributed by atoms with Gasteiger partial charge in [-0.25, -0.2) is 0 Å².